The van der Waals surface area contributed by atoms with E-state index in [1.165, 1.54) is 25.6 Å². The highest BCUT2D eigenvalue weighted by atomic mass is 16.5. The molecule has 2 fully saturated rings. The van der Waals surface area contributed by atoms with Crippen molar-refractivity contribution < 1.29 is 9.53 Å². The third kappa shape index (κ3) is 3.31. The minimum absolute atomic E-state index is 0.255. The Hall–Kier alpha value is -3.00. The van der Waals surface area contributed by atoms with Gasteiger partial charge in [-0.05, 0) is 31.0 Å². The van der Waals surface area contributed by atoms with Gasteiger partial charge >= 0.3 is 0 Å². The van der Waals surface area contributed by atoms with E-state index in [0.29, 0.717) is 30.5 Å². The Kier molecular flexibility index (Phi) is 4.40. The van der Waals surface area contributed by atoms with Gasteiger partial charge in [-0.25, -0.2) is 15.0 Å². The average molecular weight is 378 g/mol. The number of imidazole rings is 1. The molecule has 2 aliphatic rings. The van der Waals surface area contributed by atoms with Crippen LogP contribution in [0, 0.1) is 0 Å². The number of nitrogens with one attached hydrogen (secondary N) is 2. The van der Waals surface area contributed by atoms with Crippen LogP contribution in [0.25, 0.3) is 11.0 Å². The van der Waals surface area contributed by atoms with Crippen LogP contribution in [0.4, 0.5) is 11.5 Å². The monoisotopic (exact) mass is 378 g/mol. The van der Waals surface area contributed by atoms with Gasteiger partial charge in [0.25, 0.3) is 5.91 Å². The predicted octanol–water partition coefficient (Wildman–Crippen LogP) is 2.71. The molecule has 144 valence electrons. The molecule has 0 radical (unpaired) electrons. The van der Waals surface area contributed by atoms with Crippen LogP contribution in [0.3, 0.4) is 0 Å². The number of carbonyl (C=O) groups excluding carboxylic acids is 1. The van der Waals surface area contributed by atoms with Crippen molar-refractivity contribution in [1.29, 1.82) is 0 Å². The van der Waals surface area contributed by atoms with Gasteiger partial charge in [0.15, 0.2) is 0 Å². The zero-order valence-electron chi connectivity index (χ0n) is 15.5. The topological polar surface area (TPSA) is 96.0 Å². The number of ether oxygens (including phenoxy) is 1. The largest absolute Gasteiger partial charge is 0.378 e. The number of hydrogen-bond donors (Lipinski definition) is 2. The summed E-state index contributed by atoms with van der Waals surface area (Å²) in [6.07, 6.45) is 5.10. The second kappa shape index (κ2) is 7.20. The fraction of sp³-hybridized carbons (Fsp3) is 0.400. The number of carbonyl (C=O) groups is 1. The molecule has 3 aromatic rings. The van der Waals surface area contributed by atoms with E-state index in [1.54, 1.807) is 6.07 Å². The van der Waals surface area contributed by atoms with E-state index < -0.39 is 0 Å². The molecule has 0 unspecified atom stereocenters. The van der Waals surface area contributed by atoms with E-state index >= 15 is 0 Å². The summed E-state index contributed by atoms with van der Waals surface area (Å²) in [6.45, 7) is 2.85. The van der Waals surface area contributed by atoms with Crippen molar-refractivity contribution in [2.24, 2.45) is 0 Å². The molecule has 1 aliphatic heterocycles. The number of hydrogen-bond acceptors (Lipinski definition) is 6. The summed E-state index contributed by atoms with van der Waals surface area (Å²) in [7, 11) is 0. The molecule has 0 atom stereocenters. The minimum Gasteiger partial charge on any atom is -0.378 e. The normalized spacial score (nSPS) is 17.5. The summed E-state index contributed by atoms with van der Waals surface area (Å²) >= 11 is 0. The van der Waals surface area contributed by atoms with Crippen molar-refractivity contribution in [3.63, 3.8) is 0 Å². The second-order valence-electron chi connectivity index (χ2n) is 7.30. The summed E-state index contributed by atoms with van der Waals surface area (Å²) in [5.41, 5.74) is 2.93. The number of benzene rings is 1. The Bertz CT molecular complexity index is 1010. The van der Waals surface area contributed by atoms with Crippen LogP contribution in [-0.2, 0) is 4.74 Å². The molecule has 1 amide bonds. The first-order valence-corrected chi connectivity index (χ1v) is 9.72. The molecule has 3 heterocycles. The van der Waals surface area contributed by atoms with E-state index in [2.05, 4.69) is 30.2 Å². The summed E-state index contributed by atoms with van der Waals surface area (Å²) in [4.78, 5) is 31.3. The second-order valence-corrected chi connectivity index (χ2v) is 7.30. The molecule has 28 heavy (non-hydrogen) atoms. The summed E-state index contributed by atoms with van der Waals surface area (Å²) in [5.74, 6) is 2.09. The highest BCUT2D eigenvalue weighted by Crippen LogP contribution is 2.35. The van der Waals surface area contributed by atoms with Crippen molar-refractivity contribution >= 4 is 28.4 Å². The maximum atomic E-state index is 12.7. The molecule has 8 heteroatoms. The molecule has 2 N–H and O–H groups in total. The fourth-order valence-corrected chi connectivity index (χ4v) is 3.61. The predicted molar refractivity (Wildman–Crippen MR) is 106 cm³/mol. The van der Waals surface area contributed by atoms with Crippen molar-refractivity contribution in [3.05, 3.63) is 42.1 Å². The number of morpholine rings is 1. The molecule has 1 saturated carbocycles. The van der Waals surface area contributed by atoms with Crippen LogP contribution in [-0.4, -0.2) is 52.1 Å². The van der Waals surface area contributed by atoms with Gasteiger partial charge in [-0.1, -0.05) is 6.42 Å². The lowest BCUT2D eigenvalue weighted by atomic mass is 9.85. The first-order valence-electron chi connectivity index (χ1n) is 9.72. The van der Waals surface area contributed by atoms with Gasteiger partial charge in [-0.3, -0.25) is 4.79 Å². The molecule has 0 bridgehead atoms. The summed E-state index contributed by atoms with van der Waals surface area (Å²) in [5, 5.41) is 2.93. The summed E-state index contributed by atoms with van der Waals surface area (Å²) < 4.78 is 5.37. The quantitative estimate of drug-likeness (QED) is 0.725. The van der Waals surface area contributed by atoms with Crippen molar-refractivity contribution in [3.8, 4) is 0 Å². The fourth-order valence-electron chi connectivity index (χ4n) is 3.61. The first kappa shape index (κ1) is 17.1. The molecule has 0 spiro atoms. The molecule has 8 nitrogen and oxygen atoms in total. The number of amides is 1. The smallest absolute Gasteiger partial charge is 0.274 e. The molecule has 1 aliphatic carbocycles. The minimum atomic E-state index is -0.255. The van der Waals surface area contributed by atoms with Gasteiger partial charge in [0.2, 0.25) is 0 Å². The Morgan fingerprint density at radius 2 is 2.04 bits per heavy atom. The van der Waals surface area contributed by atoms with Crippen molar-refractivity contribution in [1.82, 2.24) is 19.9 Å². The Labute approximate surface area is 162 Å². The molecule has 2 aromatic heterocycles. The van der Waals surface area contributed by atoms with Gasteiger partial charge < -0.3 is 19.9 Å². The SMILES string of the molecule is O=C(Nc1ccc2nc(C3CCC3)[nH]c2c1)c1cc(N2CCOCC2)ncn1. The lowest BCUT2D eigenvalue weighted by Crippen LogP contribution is -2.37. The summed E-state index contributed by atoms with van der Waals surface area (Å²) in [6, 6.07) is 7.45. The molecule has 1 saturated heterocycles. The van der Waals surface area contributed by atoms with Crippen LogP contribution in [0.5, 0.6) is 0 Å². The Balaban J connectivity index is 1.33. The van der Waals surface area contributed by atoms with Crippen molar-refractivity contribution in [2.45, 2.75) is 25.2 Å². The zero-order valence-corrected chi connectivity index (χ0v) is 15.5. The molecule has 5 rings (SSSR count). The lowest BCUT2D eigenvalue weighted by molar-refractivity contribution is 0.102. The highest BCUT2D eigenvalue weighted by Gasteiger charge is 2.22. The molecule has 1 aromatic carbocycles. The maximum Gasteiger partial charge on any atom is 0.274 e. The third-order valence-electron chi connectivity index (χ3n) is 5.47. The Morgan fingerprint density at radius 1 is 1.18 bits per heavy atom. The van der Waals surface area contributed by atoms with Crippen LogP contribution in [0.1, 0.15) is 41.5 Å². The van der Waals surface area contributed by atoms with Crippen LogP contribution in [0.2, 0.25) is 0 Å². The number of rotatable bonds is 4. The number of aromatic nitrogens is 4. The maximum absolute atomic E-state index is 12.7. The van der Waals surface area contributed by atoms with Crippen LogP contribution in [0.15, 0.2) is 30.6 Å². The van der Waals surface area contributed by atoms with E-state index in [-0.39, 0.29) is 5.91 Å². The van der Waals surface area contributed by atoms with E-state index in [9.17, 15) is 4.79 Å². The highest BCUT2D eigenvalue weighted by molar-refractivity contribution is 6.04. The number of H-pyrrole nitrogens is 1. The van der Waals surface area contributed by atoms with Gasteiger partial charge in [0.1, 0.15) is 23.7 Å². The van der Waals surface area contributed by atoms with Gasteiger partial charge in [-0.2, -0.15) is 0 Å². The lowest BCUT2D eigenvalue weighted by Gasteiger charge is -2.27. The Morgan fingerprint density at radius 3 is 2.82 bits per heavy atom. The van der Waals surface area contributed by atoms with Gasteiger partial charge in [-0.15, -0.1) is 0 Å². The van der Waals surface area contributed by atoms with E-state index in [1.807, 2.05) is 18.2 Å². The van der Waals surface area contributed by atoms with E-state index in [4.69, 9.17) is 4.74 Å². The van der Waals surface area contributed by atoms with Gasteiger partial charge in [0.05, 0.1) is 24.2 Å². The number of anilines is 2. The average Bonchev–Trinajstić information content (AvgIpc) is 3.10. The van der Waals surface area contributed by atoms with Crippen LogP contribution < -0.4 is 10.2 Å². The third-order valence-corrected chi connectivity index (χ3v) is 5.47. The number of nitrogens with zero attached hydrogens (tertiary/aromatic N) is 4. The number of aromatic amines is 1. The standard InChI is InChI=1S/C20H22N6O2/c27-20(17-11-18(22-12-21-17)26-6-8-28-9-7-26)23-14-4-5-15-16(10-14)25-19(24-15)13-2-1-3-13/h4-5,10-13H,1-3,6-9H2,(H,23,27)(H,24,25). The first-order chi connectivity index (χ1) is 13.8. The molecular weight excluding hydrogens is 356 g/mol. The molecular formula is C20H22N6O2. The van der Waals surface area contributed by atoms with Gasteiger partial charge in [0, 0.05) is 30.8 Å². The van der Waals surface area contributed by atoms with E-state index in [0.717, 1.165) is 35.8 Å². The zero-order chi connectivity index (χ0) is 18.9. The number of fused-ring (bicyclic) bond motifs is 1. The van der Waals surface area contributed by atoms with Crippen LogP contribution >= 0.6 is 0 Å². The van der Waals surface area contributed by atoms with Crippen molar-refractivity contribution in [2.75, 3.05) is 36.5 Å².